The van der Waals surface area contributed by atoms with Crippen molar-refractivity contribution in [2.24, 2.45) is 5.92 Å². The van der Waals surface area contributed by atoms with Crippen LogP contribution in [-0.4, -0.2) is 26.3 Å². The van der Waals surface area contributed by atoms with Crippen LogP contribution in [0.4, 0.5) is 0 Å². The van der Waals surface area contributed by atoms with Crippen LogP contribution in [-0.2, 0) is 17.8 Å². The van der Waals surface area contributed by atoms with Crippen LogP contribution in [0.2, 0.25) is 0 Å². The first kappa shape index (κ1) is 19.5. The van der Waals surface area contributed by atoms with Crippen LogP contribution in [0.1, 0.15) is 39.5 Å². The molecule has 6 nitrogen and oxygen atoms in total. The zero-order valence-corrected chi connectivity index (χ0v) is 17.5. The van der Waals surface area contributed by atoms with Crippen molar-refractivity contribution in [1.82, 2.24) is 19.9 Å². The second kappa shape index (κ2) is 8.35. The van der Waals surface area contributed by atoms with Crippen molar-refractivity contribution in [3.8, 4) is 0 Å². The summed E-state index contributed by atoms with van der Waals surface area (Å²) in [4.78, 5) is 29.6. The third-order valence-corrected chi connectivity index (χ3v) is 6.31. The standard InChI is InChI=1S/C24H20N4O2S/c29-22(10-15-7-8-21-23(11-15)31-28-27-21)20-13-19(20)16-4-3-5-17(12-16)24(30)26-14-18-6-1-2-9-25-18/h1-9,11-12,19-20H,10,13-14H2,(H,26,30)/t19-,20+/m0/s1. The first-order valence-corrected chi connectivity index (χ1v) is 11.0. The molecule has 1 N–H and O–H groups in total. The van der Waals surface area contributed by atoms with Gasteiger partial charge >= 0.3 is 0 Å². The zero-order valence-electron chi connectivity index (χ0n) is 16.7. The fourth-order valence-electron chi connectivity index (χ4n) is 3.87. The molecular weight excluding hydrogens is 408 g/mol. The minimum Gasteiger partial charge on any atom is -0.346 e. The molecule has 1 aliphatic carbocycles. The van der Waals surface area contributed by atoms with E-state index in [1.165, 1.54) is 11.5 Å². The largest absolute Gasteiger partial charge is 0.346 e. The smallest absolute Gasteiger partial charge is 0.251 e. The molecule has 0 unspecified atom stereocenters. The van der Waals surface area contributed by atoms with Crippen LogP contribution < -0.4 is 5.32 Å². The molecule has 2 heterocycles. The summed E-state index contributed by atoms with van der Waals surface area (Å²) in [6.07, 6.45) is 2.96. The van der Waals surface area contributed by atoms with Gasteiger partial charge in [-0.05, 0) is 71.4 Å². The second-order valence-corrected chi connectivity index (χ2v) is 8.58. The van der Waals surface area contributed by atoms with E-state index in [1.54, 1.807) is 12.3 Å². The van der Waals surface area contributed by atoms with Crippen LogP contribution in [0.15, 0.2) is 66.9 Å². The van der Waals surface area contributed by atoms with Gasteiger partial charge in [-0.2, -0.15) is 0 Å². The molecule has 1 aliphatic rings. The fraction of sp³-hybridized carbons (Fsp3) is 0.208. The summed E-state index contributed by atoms with van der Waals surface area (Å²) >= 11 is 1.34. The Morgan fingerprint density at radius 2 is 2.00 bits per heavy atom. The highest BCUT2D eigenvalue weighted by atomic mass is 32.1. The number of hydrogen-bond acceptors (Lipinski definition) is 6. The number of carbonyl (C=O) groups excluding carboxylic acids is 2. The number of hydrogen-bond donors (Lipinski definition) is 1. The first-order valence-electron chi connectivity index (χ1n) is 10.2. The van der Waals surface area contributed by atoms with E-state index < -0.39 is 0 Å². The van der Waals surface area contributed by atoms with E-state index in [0.29, 0.717) is 18.5 Å². The van der Waals surface area contributed by atoms with Gasteiger partial charge in [0, 0.05) is 24.1 Å². The number of aromatic nitrogens is 3. The second-order valence-electron chi connectivity index (χ2n) is 7.80. The predicted molar refractivity (Wildman–Crippen MR) is 119 cm³/mol. The lowest BCUT2D eigenvalue weighted by Crippen LogP contribution is -2.23. The summed E-state index contributed by atoms with van der Waals surface area (Å²) in [5.41, 5.74) is 4.33. The van der Waals surface area contributed by atoms with Gasteiger partial charge in [-0.15, -0.1) is 5.10 Å². The number of pyridine rings is 1. The Hall–Kier alpha value is -3.45. The van der Waals surface area contributed by atoms with Crippen molar-refractivity contribution in [2.45, 2.75) is 25.3 Å². The predicted octanol–water partition coefficient (Wildman–Crippen LogP) is 3.93. The lowest BCUT2D eigenvalue weighted by Gasteiger charge is -2.07. The lowest BCUT2D eigenvalue weighted by molar-refractivity contribution is -0.119. The molecule has 0 bridgehead atoms. The number of benzene rings is 2. The molecule has 0 radical (unpaired) electrons. The Kier molecular flexibility index (Phi) is 5.26. The van der Waals surface area contributed by atoms with Gasteiger partial charge in [-0.1, -0.05) is 28.8 Å². The lowest BCUT2D eigenvalue weighted by atomic mass is 10.0. The summed E-state index contributed by atoms with van der Waals surface area (Å²) < 4.78 is 4.95. The van der Waals surface area contributed by atoms with Crippen molar-refractivity contribution in [2.75, 3.05) is 0 Å². The molecule has 1 fully saturated rings. The molecule has 1 amide bonds. The molecule has 2 aromatic carbocycles. The quantitative estimate of drug-likeness (QED) is 0.482. The molecule has 2 aromatic heterocycles. The molecule has 4 aromatic rings. The minimum atomic E-state index is -0.137. The van der Waals surface area contributed by atoms with Crippen molar-refractivity contribution in [3.63, 3.8) is 0 Å². The Morgan fingerprint density at radius 3 is 2.87 bits per heavy atom. The van der Waals surface area contributed by atoms with Gasteiger partial charge in [0.1, 0.15) is 11.3 Å². The van der Waals surface area contributed by atoms with Crippen molar-refractivity contribution in [1.29, 1.82) is 0 Å². The SMILES string of the molecule is O=C(NCc1ccccn1)c1cccc([C@@H]2C[C@H]2C(=O)Cc2ccc3nnsc3c2)c1. The van der Waals surface area contributed by atoms with Gasteiger partial charge < -0.3 is 5.32 Å². The molecule has 154 valence electrons. The highest BCUT2D eigenvalue weighted by molar-refractivity contribution is 7.12. The molecule has 0 saturated heterocycles. The van der Waals surface area contributed by atoms with Crippen molar-refractivity contribution in [3.05, 3.63) is 89.2 Å². The summed E-state index contributed by atoms with van der Waals surface area (Å²) in [7, 11) is 0. The summed E-state index contributed by atoms with van der Waals surface area (Å²) in [5.74, 6) is 0.307. The average molecular weight is 429 g/mol. The van der Waals surface area contributed by atoms with E-state index in [9.17, 15) is 9.59 Å². The maximum atomic E-state index is 12.8. The summed E-state index contributed by atoms with van der Waals surface area (Å²) in [6, 6.07) is 19.1. The molecule has 7 heteroatoms. The number of amides is 1. The third-order valence-electron chi connectivity index (χ3n) is 5.63. The molecule has 5 rings (SSSR count). The Bertz CT molecular complexity index is 1250. The Labute approximate surface area is 183 Å². The van der Waals surface area contributed by atoms with E-state index in [-0.39, 0.29) is 23.5 Å². The fourth-order valence-corrected chi connectivity index (χ4v) is 4.49. The van der Waals surface area contributed by atoms with Gasteiger partial charge in [-0.25, -0.2) is 0 Å². The van der Waals surface area contributed by atoms with E-state index in [2.05, 4.69) is 19.9 Å². The Morgan fingerprint density at radius 1 is 1.06 bits per heavy atom. The minimum absolute atomic E-state index is 0.0158. The van der Waals surface area contributed by atoms with Gasteiger partial charge in [0.05, 0.1) is 16.9 Å². The molecule has 1 saturated carbocycles. The van der Waals surface area contributed by atoms with Gasteiger partial charge in [0.25, 0.3) is 5.91 Å². The van der Waals surface area contributed by atoms with Crippen LogP contribution >= 0.6 is 11.5 Å². The number of fused-ring (bicyclic) bond motifs is 1. The van der Waals surface area contributed by atoms with Crippen LogP contribution in [0.5, 0.6) is 0 Å². The van der Waals surface area contributed by atoms with Crippen LogP contribution in [0.3, 0.4) is 0 Å². The normalized spacial score (nSPS) is 17.4. The zero-order chi connectivity index (χ0) is 21.2. The molecule has 31 heavy (non-hydrogen) atoms. The van der Waals surface area contributed by atoms with Gasteiger partial charge in [0.2, 0.25) is 0 Å². The third kappa shape index (κ3) is 4.36. The van der Waals surface area contributed by atoms with Crippen molar-refractivity contribution < 1.29 is 9.59 Å². The molecule has 0 aliphatic heterocycles. The van der Waals surface area contributed by atoms with E-state index in [4.69, 9.17) is 0 Å². The average Bonchev–Trinajstić information content (AvgIpc) is 3.48. The van der Waals surface area contributed by atoms with Crippen LogP contribution in [0, 0.1) is 5.92 Å². The monoisotopic (exact) mass is 428 g/mol. The maximum Gasteiger partial charge on any atom is 0.251 e. The van der Waals surface area contributed by atoms with Gasteiger partial charge in [-0.3, -0.25) is 14.6 Å². The maximum absolute atomic E-state index is 12.8. The number of nitrogens with one attached hydrogen (secondary N) is 1. The number of nitrogens with zero attached hydrogens (tertiary/aromatic N) is 3. The van der Waals surface area contributed by atoms with Crippen LogP contribution in [0.25, 0.3) is 10.2 Å². The Balaban J connectivity index is 1.21. The highest BCUT2D eigenvalue weighted by Crippen LogP contribution is 2.48. The summed E-state index contributed by atoms with van der Waals surface area (Å²) in [5, 5.41) is 6.94. The first-order chi connectivity index (χ1) is 15.2. The number of carbonyl (C=O) groups is 2. The van der Waals surface area contributed by atoms with Crippen molar-refractivity contribution >= 4 is 33.4 Å². The molecule has 2 atom stereocenters. The topological polar surface area (TPSA) is 84.8 Å². The number of ketones is 1. The molecular formula is C24H20N4O2S. The molecule has 0 spiro atoms. The highest BCUT2D eigenvalue weighted by Gasteiger charge is 2.43. The summed E-state index contributed by atoms with van der Waals surface area (Å²) in [6.45, 7) is 0.383. The van der Waals surface area contributed by atoms with E-state index in [0.717, 1.165) is 33.5 Å². The number of Topliss-reactive ketones (excluding diaryl/α,β-unsaturated/α-hetero) is 1. The number of rotatable bonds is 7. The van der Waals surface area contributed by atoms with E-state index >= 15 is 0 Å². The van der Waals surface area contributed by atoms with Gasteiger partial charge in [0.15, 0.2) is 0 Å². The van der Waals surface area contributed by atoms with E-state index in [1.807, 2.05) is 54.6 Å².